The van der Waals surface area contributed by atoms with Gasteiger partial charge in [-0.1, -0.05) is 6.07 Å². The van der Waals surface area contributed by atoms with E-state index in [9.17, 15) is 9.59 Å². The molecule has 0 aromatic heterocycles. The molecule has 5 nitrogen and oxygen atoms in total. The summed E-state index contributed by atoms with van der Waals surface area (Å²) >= 11 is 0. The lowest BCUT2D eigenvalue weighted by atomic mass is 10.1. The lowest BCUT2D eigenvalue weighted by molar-refractivity contribution is -0.147. The Labute approximate surface area is 111 Å². The maximum atomic E-state index is 12.2. The van der Waals surface area contributed by atoms with E-state index in [0.717, 1.165) is 16.8 Å². The van der Waals surface area contributed by atoms with E-state index in [2.05, 4.69) is 0 Å². The van der Waals surface area contributed by atoms with Gasteiger partial charge in [-0.25, -0.2) is 0 Å². The molecule has 5 heteroatoms. The SMILES string of the molecule is Cc1ccc(N2CCOC(CC(=O)O)C2=O)cc1C. The Morgan fingerprint density at radius 2 is 2.16 bits per heavy atom. The van der Waals surface area contributed by atoms with Gasteiger partial charge < -0.3 is 14.7 Å². The fraction of sp³-hybridized carbons (Fsp3) is 0.429. The second-order valence-electron chi connectivity index (χ2n) is 4.72. The molecule has 1 N–H and O–H groups in total. The molecule has 2 rings (SSSR count). The highest BCUT2D eigenvalue weighted by molar-refractivity contribution is 5.98. The first-order valence-corrected chi connectivity index (χ1v) is 6.21. The summed E-state index contributed by atoms with van der Waals surface area (Å²) in [6.07, 6.45) is -1.17. The number of hydrogen-bond acceptors (Lipinski definition) is 3. The van der Waals surface area contributed by atoms with Crippen molar-refractivity contribution in [3.05, 3.63) is 29.3 Å². The molecule has 19 heavy (non-hydrogen) atoms. The second-order valence-corrected chi connectivity index (χ2v) is 4.72. The maximum absolute atomic E-state index is 12.2. The van der Waals surface area contributed by atoms with Gasteiger partial charge in [0.05, 0.1) is 13.0 Å². The molecule has 1 unspecified atom stereocenters. The van der Waals surface area contributed by atoms with Crippen LogP contribution < -0.4 is 4.90 Å². The molecule has 1 heterocycles. The molecule has 0 bridgehead atoms. The van der Waals surface area contributed by atoms with E-state index in [1.807, 2.05) is 32.0 Å². The zero-order valence-electron chi connectivity index (χ0n) is 11.0. The normalized spacial score (nSPS) is 19.6. The largest absolute Gasteiger partial charge is 0.481 e. The monoisotopic (exact) mass is 263 g/mol. The van der Waals surface area contributed by atoms with Crippen molar-refractivity contribution in [1.82, 2.24) is 0 Å². The number of ether oxygens (including phenoxy) is 1. The smallest absolute Gasteiger partial charge is 0.306 e. The van der Waals surface area contributed by atoms with Crippen molar-refractivity contribution in [3.63, 3.8) is 0 Å². The molecule has 0 radical (unpaired) electrons. The maximum Gasteiger partial charge on any atom is 0.306 e. The first kappa shape index (κ1) is 13.5. The molecule has 102 valence electrons. The summed E-state index contributed by atoms with van der Waals surface area (Å²) in [6, 6.07) is 5.78. The van der Waals surface area contributed by atoms with E-state index >= 15 is 0 Å². The first-order valence-electron chi connectivity index (χ1n) is 6.21. The Kier molecular flexibility index (Phi) is 3.85. The molecule has 0 spiro atoms. The average Bonchev–Trinajstić information content (AvgIpc) is 2.35. The molecule has 0 saturated carbocycles. The summed E-state index contributed by atoms with van der Waals surface area (Å²) in [4.78, 5) is 24.5. The molecule has 1 amide bonds. The average molecular weight is 263 g/mol. The zero-order chi connectivity index (χ0) is 14.0. The number of carboxylic acids is 1. The first-order chi connectivity index (χ1) is 8.99. The van der Waals surface area contributed by atoms with Crippen molar-refractivity contribution in [3.8, 4) is 0 Å². The number of rotatable bonds is 3. The Balaban J connectivity index is 2.21. The number of anilines is 1. The van der Waals surface area contributed by atoms with Crippen LogP contribution in [0.1, 0.15) is 17.5 Å². The van der Waals surface area contributed by atoms with E-state index in [-0.39, 0.29) is 12.3 Å². The predicted octanol–water partition coefficient (Wildman–Crippen LogP) is 1.51. The summed E-state index contributed by atoms with van der Waals surface area (Å²) in [5.74, 6) is -1.31. The topological polar surface area (TPSA) is 66.8 Å². The summed E-state index contributed by atoms with van der Waals surface area (Å²) in [5.41, 5.74) is 3.06. The van der Waals surface area contributed by atoms with E-state index in [1.165, 1.54) is 0 Å². The van der Waals surface area contributed by atoms with Crippen LogP contribution in [-0.2, 0) is 14.3 Å². The fourth-order valence-electron chi connectivity index (χ4n) is 2.10. The third kappa shape index (κ3) is 2.93. The number of nitrogens with zero attached hydrogens (tertiary/aromatic N) is 1. The van der Waals surface area contributed by atoms with Gasteiger partial charge in [0.1, 0.15) is 6.10 Å². The molecule has 1 fully saturated rings. The Morgan fingerprint density at radius 1 is 1.42 bits per heavy atom. The van der Waals surface area contributed by atoms with Gasteiger partial charge in [0.15, 0.2) is 0 Å². The van der Waals surface area contributed by atoms with Gasteiger partial charge in [0.25, 0.3) is 5.91 Å². The molecule has 1 aliphatic rings. The number of carbonyl (C=O) groups is 2. The van der Waals surface area contributed by atoms with Crippen LogP contribution in [0.2, 0.25) is 0 Å². The van der Waals surface area contributed by atoms with Crippen LogP contribution in [0.3, 0.4) is 0 Å². The summed E-state index contributed by atoms with van der Waals surface area (Å²) in [5, 5.41) is 8.77. The number of hydrogen-bond donors (Lipinski definition) is 1. The molecule has 1 aromatic rings. The third-order valence-corrected chi connectivity index (χ3v) is 3.34. The molecular formula is C14H17NO4. The van der Waals surface area contributed by atoms with Crippen LogP contribution in [0.25, 0.3) is 0 Å². The molecule has 0 aliphatic carbocycles. The van der Waals surface area contributed by atoms with E-state index in [1.54, 1.807) is 4.90 Å². The number of aliphatic carboxylic acids is 1. The van der Waals surface area contributed by atoms with Gasteiger partial charge in [-0.3, -0.25) is 9.59 Å². The lowest BCUT2D eigenvalue weighted by Crippen LogP contribution is -2.48. The van der Waals surface area contributed by atoms with Gasteiger partial charge in [0, 0.05) is 12.2 Å². The molecule has 1 atom stereocenters. The minimum atomic E-state index is -1.03. The Bertz CT molecular complexity index is 512. The lowest BCUT2D eigenvalue weighted by Gasteiger charge is -2.32. The van der Waals surface area contributed by atoms with Crippen LogP contribution >= 0.6 is 0 Å². The highest BCUT2D eigenvalue weighted by Gasteiger charge is 2.32. The van der Waals surface area contributed by atoms with Crippen molar-refractivity contribution in [2.75, 3.05) is 18.1 Å². The minimum Gasteiger partial charge on any atom is -0.481 e. The van der Waals surface area contributed by atoms with Gasteiger partial charge in [-0.15, -0.1) is 0 Å². The summed E-state index contributed by atoms with van der Waals surface area (Å²) in [6.45, 7) is 4.81. The number of carbonyl (C=O) groups excluding carboxylic acids is 1. The fourth-order valence-corrected chi connectivity index (χ4v) is 2.10. The van der Waals surface area contributed by atoms with Gasteiger partial charge in [-0.2, -0.15) is 0 Å². The highest BCUT2D eigenvalue weighted by atomic mass is 16.5. The van der Waals surface area contributed by atoms with Crippen LogP contribution in [0.4, 0.5) is 5.69 Å². The van der Waals surface area contributed by atoms with Crippen LogP contribution in [0, 0.1) is 13.8 Å². The van der Waals surface area contributed by atoms with Gasteiger partial charge in [-0.05, 0) is 37.1 Å². The molecule has 1 aromatic carbocycles. The number of morpholine rings is 1. The standard InChI is InChI=1S/C14H17NO4/c1-9-3-4-11(7-10(9)2)15-5-6-19-12(14(15)18)8-13(16)17/h3-4,7,12H,5-6,8H2,1-2H3,(H,16,17). The van der Waals surface area contributed by atoms with E-state index in [0.29, 0.717) is 13.2 Å². The second kappa shape index (κ2) is 5.40. The summed E-state index contributed by atoms with van der Waals surface area (Å²) < 4.78 is 5.23. The highest BCUT2D eigenvalue weighted by Crippen LogP contribution is 2.22. The number of amides is 1. The number of benzene rings is 1. The van der Waals surface area contributed by atoms with Crippen molar-refractivity contribution < 1.29 is 19.4 Å². The Morgan fingerprint density at radius 3 is 2.79 bits per heavy atom. The molecular weight excluding hydrogens is 246 g/mol. The van der Waals surface area contributed by atoms with Crippen molar-refractivity contribution in [2.45, 2.75) is 26.4 Å². The van der Waals surface area contributed by atoms with Gasteiger partial charge in [0.2, 0.25) is 0 Å². The zero-order valence-corrected chi connectivity index (χ0v) is 11.0. The quantitative estimate of drug-likeness (QED) is 0.897. The van der Waals surface area contributed by atoms with Crippen LogP contribution in [0.5, 0.6) is 0 Å². The Hall–Kier alpha value is -1.88. The number of aryl methyl sites for hydroxylation is 2. The van der Waals surface area contributed by atoms with Crippen molar-refractivity contribution >= 4 is 17.6 Å². The predicted molar refractivity (Wildman–Crippen MR) is 70.3 cm³/mol. The summed E-state index contributed by atoms with van der Waals surface area (Å²) in [7, 11) is 0. The minimum absolute atomic E-state index is 0.281. The third-order valence-electron chi connectivity index (χ3n) is 3.34. The molecule has 1 saturated heterocycles. The van der Waals surface area contributed by atoms with Crippen molar-refractivity contribution in [1.29, 1.82) is 0 Å². The van der Waals surface area contributed by atoms with E-state index < -0.39 is 12.1 Å². The molecule has 1 aliphatic heterocycles. The van der Waals surface area contributed by atoms with Crippen molar-refractivity contribution in [2.24, 2.45) is 0 Å². The van der Waals surface area contributed by atoms with Crippen LogP contribution in [-0.4, -0.2) is 36.2 Å². The van der Waals surface area contributed by atoms with Gasteiger partial charge >= 0.3 is 5.97 Å². The van der Waals surface area contributed by atoms with E-state index in [4.69, 9.17) is 9.84 Å². The van der Waals surface area contributed by atoms with Crippen LogP contribution in [0.15, 0.2) is 18.2 Å². The number of carboxylic acid groups (broad SMARTS) is 1.